The molecule has 2 unspecified atom stereocenters. The molecule has 0 saturated heterocycles. The van der Waals surface area contributed by atoms with Crippen molar-refractivity contribution in [3.05, 3.63) is 35.4 Å². The third-order valence-corrected chi connectivity index (χ3v) is 4.35. The lowest BCUT2D eigenvalue weighted by Gasteiger charge is -2.29. The first kappa shape index (κ1) is 13.6. The van der Waals surface area contributed by atoms with Gasteiger partial charge in [-0.1, -0.05) is 37.6 Å². The molecule has 1 fully saturated rings. The van der Waals surface area contributed by atoms with Crippen LogP contribution in [0.3, 0.4) is 0 Å². The summed E-state index contributed by atoms with van der Waals surface area (Å²) in [4.78, 5) is 2.49. The summed E-state index contributed by atoms with van der Waals surface area (Å²) in [7, 11) is 2.24. The van der Waals surface area contributed by atoms with E-state index in [1.807, 2.05) is 0 Å². The van der Waals surface area contributed by atoms with Gasteiger partial charge in [0.1, 0.15) is 0 Å². The van der Waals surface area contributed by atoms with Crippen LogP contribution in [0.4, 0.5) is 0 Å². The van der Waals surface area contributed by atoms with E-state index in [9.17, 15) is 0 Å². The van der Waals surface area contributed by atoms with Gasteiger partial charge in [-0.2, -0.15) is 0 Å². The fraction of sp³-hybridized carbons (Fsp3) is 0.625. The summed E-state index contributed by atoms with van der Waals surface area (Å²) in [6.45, 7) is 4.08. The summed E-state index contributed by atoms with van der Waals surface area (Å²) < 4.78 is 0. The number of benzene rings is 1. The highest BCUT2D eigenvalue weighted by atomic mass is 15.1. The lowest BCUT2D eigenvalue weighted by molar-refractivity contribution is 0.193. The van der Waals surface area contributed by atoms with Crippen LogP contribution in [0.25, 0.3) is 0 Å². The van der Waals surface area contributed by atoms with E-state index in [-0.39, 0.29) is 0 Å². The molecule has 2 nitrogen and oxygen atoms in total. The molecule has 0 aromatic heterocycles. The van der Waals surface area contributed by atoms with Crippen molar-refractivity contribution in [2.24, 2.45) is 11.7 Å². The first-order valence-electron chi connectivity index (χ1n) is 7.22. The van der Waals surface area contributed by atoms with Crippen LogP contribution in [0, 0.1) is 5.92 Å². The van der Waals surface area contributed by atoms with Crippen molar-refractivity contribution in [3.63, 3.8) is 0 Å². The predicted octanol–water partition coefficient (Wildman–Crippen LogP) is 2.81. The molecule has 0 amide bonds. The second-order valence-corrected chi connectivity index (χ2v) is 5.58. The molecule has 2 atom stereocenters. The van der Waals surface area contributed by atoms with Crippen LogP contribution in [0.15, 0.2) is 24.3 Å². The molecule has 1 aliphatic carbocycles. The summed E-state index contributed by atoms with van der Waals surface area (Å²) in [5, 5.41) is 0. The van der Waals surface area contributed by atoms with Gasteiger partial charge in [-0.25, -0.2) is 0 Å². The number of nitrogens with zero attached hydrogens (tertiary/aromatic N) is 1. The predicted molar refractivity (Wildman–Crippen MR) is 77.5 cm³/mol. The minimum atomic E-state index is 0.681. The van der Waals surface area contributed by atoms with Gasteiger partial charge in [0.25, 0.3) is 0 Å². The summed E-state index contributed by atoms with van der Waals surface area (Å²) in [6, 6.07) is 9.71. The van der Waals surface area contributed by atoms with Gasteiger partial charge < -0.3 is 5.73 Å². The van der Waals surface area contributed by atoms with Crippen LogP contribution >= 0.6 is 0 Å². The van der Waals surface area contributed by atoms with E-state index in [0.717, 1.165) is 19.5 Å². The molecular formula is C16H26N2. The van der Waals surface area contributed by atoms with Crippen molar-refractivity contribution in [2.75, 3.05) is 13.6 Å². The minimum Gasteiger partial charge on any atom is -0.330 e. The first-order chi connectivity index (χ1) is 8.74. The molecule has 100 valence electrons. The highest BCUT2D eigenvalue weighted by molar-refractivity contribution is 5.22. The summed E-state index contributed by atoms with van der Waals surface area (Å²) in [6.07, 6.45) is 5.07. The van der Waals surface area contributed by atoms with Crippen LogP contribution in [0.1, 0.15) is 37.3 Å². The van der Waals surface area contributed by atoms with Crippen molar-refractivity contribution in [3.8, 4) is 0 Å². The van der Waals surface area contributed by atoms with Gasteiger partial charge in [0.2, 0.25) is 0 Å². The second kappa shape index (κ2) is 6.35. The van der Waals surface area contributed by atoms with Crippen LogP contribution in [-0.2, 0) is 13.0 Å². The molecule has 0 aliphatic heterocycles. The second-order valence-electron chi connectivity index (χ2n) is 5.58. The Bertz CT molecular complexity index is 358. The number of hydrogen-bond acceptors (Lipinski definition) is 2. The molecule has 1 aliphatic rings. The van der Waals surface area contributed by atoms with E-state index in [1.165, 1.54) is 30.4 Å². The molecule has 2 N–H and O–H groups in total. The average molecular weight is 246 g/mol. The number of rotatable bonds is 5. The van der Waals surface area contributed by atoms with Crippen molar-refractivity contribution >= 4 is 0 Å². The first-order valence-corrected chi connectivity index (χ1v) is 7.22. The molecule has 1 aromatic carbocycles. The van der Waals surface area contributed by atoms with E-state index in [0.29, 0.717) is 12.0 Å². The van der Waals surface area contributed by atoms with Gasteiger partial charge in [-0.05, 0) is 49.9 Å². The van der Waals surface area contributed by atoms with Crippen molar-refractivity contribution < 1.29 is 0 Å². The molecule has 18 heavy (non-hydrogen) atoms. The Morgan fingerprint density at radius 2 is 1.83 bits per heavy atom. The largest absolute Gasteiger partial charge is 0.330 e. The van der Waals surface area contributed by atoms with Gasteiger partial charge in [0.05, 0.1) is 0 Å². The summed E-state index contributed by atoms with van der Waals surface area (Å²) >= 11 is 0. The van der Waals surface area contributed by atoms with Gasteiger partial charge in [-0.15, -0.1) is 0 Å². The van der Waals surface area contributed by atoms with Crippen LogP contribution in [0.2, 0.25) is 0 Å². The standard InChI is InChI=1S/C16H26N2/c1-3-13-7-9-14(10-8-13)12-18(2)16-6-4-5-15(16)11-17/h7-10,15-16H,3-6,11-12,17H2,1-2H3. The zero-order valence-corrected chi connectivity index (χ0v) is 11.7. The normalized spacial score (nSPS) is 23.8. The molecule has 0 bridgehead atoms. The Morgan fingerprint density at radius 3 is 2.44 bits per heavy atom. The maximum Gasteiger partial charge on any atom is 0.0233 e. The lowest BCUT2D eigenvalue weighted by atomic mass is 10.0. The molecular weight excluding hydrogens is 220 g/mol. The van der Waals surface area contributed by atoms with Crippen LogP contribution in [0.5, 0.6) is 0 Å². The third-order valence-electron chi connectivity index (χ3n) is 4.35. The zero-order valence-electron chi connectivity index (χ0n) is 11.7. The maximum atomic E-state index is 5.87. The maximum absolute atomic E-state index is 5.87. The molecule has 0 heterocycles. The van der Waals surface area contributed by atoms with Crippen molar-refractivity contribution in [2.45, 2.75) is 45.2 Å². The monoisotopic (exact) mass is 246 g/mol. The summed E-state index contributed by atoms with van der Waals surface area (Å²) in [5.41, 5.74) is 8.70. The van der Waals surface area contributed by atoms with E-state index in [2.05, 4.69) is 43.1 Å². The van der Waals surface area contributed by atoms with E-state index < -0.39 is 0 Å². The minimum absolute atomic E-state index is 0.681. The van der Waals surface area contributed by atoms with Crippen molar-refractivity contribution in [1.82, 2.24) is 4.90 Å². The van der Waals surface area contributed by atoms with Crippen LogP contribution in [-0.4, -0.2) is 24.5 Å². The highest BCUT2D eigenvalue weighted by Crippen LogP contribution is 2.29. The van der Waals surface area contributed by atoms with Gasteiger partial charge >= 0.3 is 0 Å². The Kier molecular flexibility index (Phi) is 4.79. The molecule has 1 aromatic rings. The molecule has 2 heteroatoms. The fourth-order valence-corrected chi connectivity index (χ4v) is 3.16. The number of nitrogens with two attached hydrogens (primary N) is 1. The smallest absolute Gasteiger partial charge is 0.0233 e. The molecule has 1 saturated carbocycles. The summed E-state index contributed by atoms with van der Waals surface area (Å²) in [5.74, 6) is 0.699. The SMILES string of the molecule is CCc1ccc(CN(C)C2CCCC2CN)cc1. The average Bonchev–Trinajstić information content (AvgIpc) is 2.88. The van der Waals surface area contributed by atoms with Gasteiger partial charge in [0, 0.05) is 12.6 Å². The Labute approximate surface area is 111 Å². The molecule has 0 spiro atoms. The van der Waals surface area contributed by atoms with E-state index in [4.69, 9.17) is 5.73 Å². The number of hydrogen-bond donors (Lipinski definition) is 1. The fourth-order valence-electron chi connectivity index (χ4n) is 3.16. The molecule has 2 rings (SSSR count). The van der Waals surface area contributed by atoms with Crippen LogP contribution < -0.4 is 5.73 Å². The van der Waals surface area contributed by atoms with Gasteiger partial charge in [0.15, 0.2) is 0 Å². The Morgan fingerprint density at radius 1 is 1.17 bits per heavy atom. The zero-order chi connectivity index (χ0) is 13.0. The van der Waals surface area contributed by atoms with E-state index >= 15 is 0 Å². The quantitative estimate of drug-likeness (QED) is 0.865. The Balaban J connectivity index is 1.95. The van der Waals surface area contributed by atoms with Gasteiger partial charge in [-0.3, -0.25) is 4.90 Å². The van der Waals surface area contributed by atoms with E-state index in [1.54, 1.807) is 0 Å². The Hall–Kier alpha value is -0.860. The number of aryl methyl sites for hydroxylation is 1. The van der Waals surface area contributed by atoms with Crippen molar-refractivity contribution in [1.29, 1.82) is 0 Å². The third kappa shape index (κ3) is 3.12. The highest BCUT2D eigenvalue weighted by Gasteiger charge is 2.28. The molecule has 0 radical (unpaired) electrons. The lowest BCUT2D eigenvalue weighted by Crippen LogP contribution is -2.37. The topological polar surface area (TPSA) is 29.3 Å².